The van der Waals surface area contributed by atoms with E-state index in [0.29, 0.717) is 6.04 Å². The van der Waals surface area contributed by atoms with E-state index in [4.69, 9.17) is 5.26 Å². The second-order valence-electron chi connectivity index (χ2n) is 5.62. The van der Waals surface area contributed by atoms with E-state index in [0.717, 1.165) is 12.5 Å². The maximum atomic E-state index is 8.95. The lowest BCUT2D eigenvalue weighted by molar-refractivity contribution is 0.0698. The van der Waals surface area contributed by atoms with Gasteiger partial charge in [-0.1, -0.05) is 0 Å². The van der Waals surface area contributed by atoms with Gasteiger partial charge in [-0.15, -0.1) is 0 Å². The molecule has 84 valence electrons. The third-order valence-electron chi connectivity index (χ3n) is 3.77. The fourth-order valence-corrected chi connectivity index (χ4v) is 2.62. The van der Waals surface area contributed by atoms with Crippen molar-refractivity contribution in [1.82, 2.24) is 10.2 Å². The molecule has 0 radical (unpaired) electrons. The molecule has 0 amide bonds. The Morgan fingerprint density at radius 2 is 2.07 bits per heavy atom. The lowest BCUT2D eigenvalue weighted by Crippen LogP contribution is -2.57. The van der Waals surface area contributed by atoms with E-state index in [1.165, 1.54) is 32.5 Å². The van der Waals surface area contributed by atoms with Crippen LogP contribution in [0.15, 0.2) is 0 Å². The molecule has 3 fully saturated rings. The highest BCUT2D eigenvalue weighted by atomic mass is 15.2. The van der Waals surface area contributed by atoms with Crippen LogP contribution in [0.2, 0.25) is 0 Å². The average Bonchev–Trinajstić information content (AvgIpc) is 2.28. The lowest BCUT2D eigenvalue weighted by Gasteiger charge is -2.45. The molecule has 3 saturated heterocycles. The summed E-state index contributed by atoms with van der Waals surface area (Å²) in [6.07, 6.45) is 2.68. The first-order valence-corrected chi connectivity index (χ1v) is 5.98. The first-order valence-electron chi connectivity index (χ1n) is 5.98. The fourth-order valence-electron chi connectivity index (χ4n) is 2.62. The van der Waals surface area contributed by atoms with Crippen LogP contribution in [0.5, 0.6) is 0 Å². The highest BCUT2D eigenvalue weighted by molar-refractivity contribution is 4.97. The minimum absolute atomic E-state index is 0.230. The van der Waals surface area contributed by atoms with E-state index >= 15 is 0 Å². The van der Waals surface area contributed by atoms with Gasteiger partial charge in [-0.05, 0) is 45.7 Å². The van der Waals surface area contributed by atoms with E-state index < -0.39 is 0 Å². The Morgan fingerprint density at radius 1 is 1.40 bits per heavy atom. The number of rotatable bonds is 3. The number of nitriles is 1. The summed E-state index contributed by atoms with van der Waals surface area (Å²) in [6.45, 7) is 8.57. The van der Waals surface area contributed by atoms with Crippen LogP contribution >= 0.6 is 0 Å². The van der Waals surface area contributed by atoms with Crippen molar-refractivity contribution in [3.05, 3.63) is 0 Å². The summed E-state index contributed by atoms with van der Waals surface area (Å²) in [6, 6.07) is 2.97. The second-order valence-corrected chi connectivity index (χ2v) is 5.62. The van der Waals surface area contributed by atoms with E-state index in [1.54, 1.807) is 0 Å². The third-order valence-corrected chi connectivity index (χ3v) is 3.77. The molecule has 1 atom stereocenters. The molecule has 3 aliphatic heterocycles. The molecular formula is C12H21N3. The molecule has 3 aliphatic rings. The smallest absolute Gasteiger partial charge is 0.0697 e. The Kier molecular flexibility index (Phi) is 2.99. The fraction of sp³-hybridized carbons (Fsp3) is 0.917. The van der Waals surface area contributed by atoms with Crippen molar-refractivity contribution in [2.75, 3.05) is 26.2 Å². The van der Waals surface area contributed by atoms with Crippen LogP contribution in [-0.2, 0) is 0 Å². The molecule has 1 N–H and O–H groups in total. The molecule has 3 rings (SSSR count). The summed E-state index contributed by atoms with van der Waals surface area (Å²) in [5, 5.41) is 12.5. The Balaban J connectivity index is 1.83. The number of piperidine rings is 3. The summed E-state index contributed by atoms with van der Waals surface area (Å²) in [5.74, 6) is 0.851. The normalized spacial score (nSPS) is 35.1. The largest absolute Gasteiger partial charge is 0.311 e. The maximum Gasteiger partial charge on any atom is 0.0697 e. The molecule has 0 aromatic heterocycles. The van der Waals surface area contributed by atoms with Crippen molar-refractivity contribution in [2.24, 2.45) is 11.3 Å². The highest BCUT2D eigenvalue weighted by Crippen LogP contribution is 2.27. The molecule has 0 saturated carbocycles. The van der Waals surface area contributed by atoms with Gasteiger partial charge in [0, 0.05) is 19.1 Å². The Hall–Kier alpha value is -0.590. The van der Waals surface area contributed by atoms with E-state index in [1.807, 2.05) is 13.8 Å². The Bertz CT molecular complexity index is 259. The van der Waals surface area contributed by atoms with E-state index in [9.17, 15) is 0 Å². The van der Waals surface area contributed by atoms with Gasteiger partial charge >= 0.3 is 0 Å². The lowest BCUT2D eigenvalue weighted by atomic mass is 9.83. The molecule has 0 aromatic rings. The van der Waals surface area contributed by atoms with Crippen molar-refractivity contribution in [3.63, 3.8) is 0 Å². The van der Waals surface area contributed by atoms with Crippen LogP contribution in [-0.4, -0.2) is 37.1 Å². The Labute approximate surface area is 92.4 Å². The molecule has 1 unspecified atom stereocenters. The van der Waals surface area contributed by atoms with Gasteiger partial charge in [0.15, 0.2) is 0 Å². The van der Waals surface area contributed by atoms with Crippen molar-refractivity contribution < 1.29 is 0 Å². The number of nitrogens with zero attached hydrogens (tertiary/aromatic N) is 2. The quantitative estimate of drug-likeness (QED) is 0.756. The van der Waals surface area contributed by atoms with E-state index in [-0.39, 0.29) is 5.41 Å². The molecule has 0 spiro atoms. The first-order chi connectivity index (χ1) is 7.11. The molecule has 2 bridgehead atoms. The zero-order valence-corrected chi connectivity index (χ0v) is 9.79. The minimum Gasteiger partial charge on any atom is -0.311 e. The van der Waals surface area contributed by atoms with Crippen molar-refractivity contribution >= 4 is 0 Å². The number of nitrogens with one attached hydrogen (secondary N) is 1. The first kappa shape index (κ1) is 10.9. The monoisotopic (exact) mass is 207 g/mol. The highest BCUT2D eigenvalue weighted by Gasteiger charge is 2.34. The topological polar surface area (TPSA) is 39.1 Å². The third kappa shape index (κ3) is 2.50. The van der Waals surface area contributed by atoms with Crippen molar-refractivity contribution in [2.45, 2.75) is 32.7 Å². The standard InChI is InChI=1S/C12H21N3/c1-12(2,8-13)9-14-11-7-15-5-3-10(11)4-6-15/h10-11,14H,3-7,9H2,1-2H3. The van der Waals surface area contributed by atoms with Crippen LogP contribution < -0.4 is 5.32 Å². The van der Waals surface area contributed by atoms with Crippen molar-refractivity contribution in [1.29, 1.82) is 5.26 Å². The summed E-state index contributed by atoms with van der Waals surface area (Å²) in [5.41, 5.74) is -0.230. The van der Waals surface area contributed by atoms with Crippen molar-refractivity contribution in [3.8, 4) is 6.07 Å². The predicted molar refractivity (Wildman–Crippen MR) is 60.3 cm³/mol. The summed E-state index contributed by atoms with van der Waals surface area (Å²) >= 11 is 0. The number of fused-ring (bicyclic) bond motifs is 3. The predicted octanol–water partition coefficient (Wildman–Crippen LogP) is 1.22. The SMILES string of the molecule is CC(C)(C#N)CNC1CN2CCC1CC2. The Morgan fingerprint density at radius 3 is 2.53 bits per heavy atom. The van der Waals surface area contributed by atoms with Gasteiger partial charge in [-0.3, -0.25) is 0 Å². The summed E-state index contributed by atoms with van der Waals surface area (Å²) < 4.78 is 0. The van der Waals surface area contributed by atoms with Gasteiger partial charge in [0.1, 0.15) is 0 Å². The molecule has 3 heterocycles. The van der Waals surface area contributed by atoms with Gasteiger partial charge in [-0.2, -0.15) is 5.26 Å². The van der Waals surface area contributed by atoms with Crippen LogP contribution in [0.3, 0.4) is 0 Å². The summed E-state index contributed by atoms with van der Waals surface area (Å²) in [4.78, 5) is 2.54. The molecule has 3 heteroatoms. The van der Waals surface area contributed by atoms with Gasteiger partial charge in [0.05, 0.1) is 11.5 Å². The van der Waals surface area contributed by atoms with Crippen LogP contribution in [0.4, 0.5) is 0 Å². The van der Waals surface area contributed by atoms with Crippen LogP contribution in [0.1, 0.15) is 26.7 Å². The number of hydrogen-bond donors (Lipinski definition) is 1. The van der Waals surface area contributed by atoms with E-state index in [2.05, 4.69) is 16.3 Å². The minimum atomic E-state index is -0.230. The van der Waals surface area contributed by atoms with Gasteiger partial charge in [0.25, 0.3) is 0 Å². The van der Waals surface area contributed by atoms with Crippen LogP contribution in [0.25, 0.3) is 0 Å². The molecular weight excluding hydrogens is 186 g/mol. The second kappa shape index (κ2) is 4.11. The maximum absolute atomic E-state index is 8.95. The number of hydrogen-bond acceptors (Lipinski definition) is 3. The molecule has 0 aromatic carbocycles. The molecule has 15 heavy (non-hydrogen) atoms. The zero-order valence-electron chi connectivity index (χ0n) is 9.79. The average molecular weight is 207 g/mol. The van der Waals surface area contributed by atoms with Gasteiger partial charge in [0.2, 0.25) is 0 Å². The molecule has 3 nitrogen and oxygen atoms in total. The zero-order chi connectivity index (χ0) is 10.9. The van der Waals surface area contributed by atoms with Crippen LogP contribution in [0, 0.1) is 22.7 Å². The molecule has 0 aliphatic carbocycles. The van der Waals surface area contributed by atoms with Gasteiger partial charge < -0.3 is 10.2 Å². The van der Waals surface area contributed by atoms with Gasteiger partial charge in [-0.25, -0.2) is 0 Å². The summed E-state index contributed by atoms with van der Waals surface area (Å²) in [7, 11) is 0.